The summed E-state index contributed by atoms with van der Waals surface area (Å²) >= 11 is 0. The third-order valence-electron chi connectivity index (χ3n) is 4.21. The number of hydrogen-bond donors (Lipinski definition) is 1. The number of likely N-dealkylation sites (tertiary alicyclic amines) is 1. The topological polar surface area (TPSA) is 46.3 Å². The predicted octanol–water partition coefficient (Wildman–Crippen LogP) is 3.15. The molecule has 1 aliphatic rings. The van der Waals surface area contributed by atoms with Crippen LogP contribution in [0.5, 0.6) is 0 Å². The highest BCUT2D eigenvalue weighted by Crippen LogP contribution is 2.22. The van der Waals surface area contributed by atoms with Crippen molar-refractivity contribution in [3.05, 3.63) is 35.4 Å². The molecule has 0 aromatic heterocycles. The van der Waals surface area contributed by atoms with Crippen molar-refractivity contribution >= 4 is 5.91 Å². The maximum Gasteiger partial charge on any atom is 0.254 e. The minimum Gasteiger partial charge on any atom is -0.336 e. The second-order valence-corrected chi connectivity index (χ2v) is 6.00. The van der Waals surface area contributed by atoms with Crippen molar-refractivity contribution in [2.24, 2.45) is 5.73 Å². The molecule has 3 heteroatoms. The lowest BCUT2D eigenvalue weighted by Gasteiger charge is -2.35. The number of amides is 1. The third kappa shape index (κ3) is 3.40. The predicted molar refractivity (Wildman–Crippen MR) is 82.9 cm³/mol. The van der Waals surface area contributed by atoms with Crippen molar-refractivity contribution in [3.63, 3.8) is 0 Å². The molecule has 0 spiro atoms. The van der Waals surface area contributed by atoms with Gasteiger partial charge in [0, 0.05) is 18.2 Å². The van der Waals surface area contributed by atoms with Gasteiger partial charge in [-0.25, -0.2) is 0 Å². The first kappa shape index (κ1) is 15.0. The van der Waals surface area contributed by atoms with Crippen LogP contribution in [-0.4, -0.2) is 29.9 Å². The Morgan fingerprint density at radius 1 is 1.30 bits per heavy atom. The van der Waals surface area contributed by atoms with E-state index < -0.39 is 0 Å². The molecule has 0 aliphatic carbocycles. The molecule has 20 heavy (non-hydrogen) atoms. The Balaban J connectivity index is 2.12. The normalized spacial score (nSPS) is 19.4. The summed E-state index contributed by atoms with van der Waals surface area (Å²) in [5.74, 6) is 0.664. The summed E-state index contributed by atoms with van der Waals surface area (Å²) in [6.07, 6.45) is 4.32. The van der Waals surface area contributed by atoms with Gasteiger partial charge in [-0.05, 0) is 55.8 Å². The second-order valence-electron chi connectivity index (χ2n) is 6.00. The van der Waals surface area contributed by atoms with Crippen LogP contribution in [-0.2, 0) is 0 Å². The van der Waals surface area contributed by atoms with Crippen LogP contribution in [0, 0.1) is 0 Å². The third-order valence-corrected chi connectivity index (χ3v) is 4.21. The first-order valence-electron chi connectivity index (χ1n) is 7.74. The quantitative estimate of drug-likeness (QED) is 0.916. The molecule has 110 valence electrons. The van der Waals surface area contributed by atoms with Gasteiger partial charge in [0.25, 0.3) is 5.91 Å². The summed E-state index contributed by atoms with van der Waals surface area (Å²) in [5, 5.41) is 0. The van der Waals surface area contributed by atoms with Gasteiger partial charge in [0.2, 0.25) is 0 Å². The van der Waals surface area contributed by atoms with Crippen molar-refractivity contribution in [2.45, 2.75) is 51.5 Å². The molecule has 3 nitrogen and oxygen atoms in total. The van der Waals surface area contributed by atoms with Crippen LogP contribution in [0.2, 0.25) is 0 Å². The van der Waals surface area contributed by atoms with Gasteiger partial charge in [-0.15, -0.1) is 0 Å². The molecule has 0 saturated carbocycles. The van der Waals surface area contributed by atoms with Gasteiger partial charge in [-0.1, -0.05) is 26.0 Å². The summed E-state index contributed by atoms with van der Waals surface area (Å²) in [6, 6.07) is 8.39. The van der Waals surface area contributed by atoms with E-state index in [0.717, 1.165) is 31.4 Å². The van der Waals surface area contributed by atoms with E-state index in [-0.39, 0.29) is 5.91 Å². The van der Waals surface area contributed by atoms with Crippen molar-refractivity contribution in [3.8, 4) is 0 Å². The lowest BCUT2D eigenvalue weighted by Crippen LogP contribution is -2.44. The van der Waals surface area contributed by atoms with Gasteiger partial charge in [0.15, 0.2) is 0 Å². The molecule has 1 atom stereocenters. The van der Waals surface area contributed by atoms with Crippen LogP contribution in [0.15, 0.2) is 24.3 Å². The Labute approximate surface area is 122 Å². The number of nitrogens with zero attached hydrogens (tertiary/aromatic N) is 1. The molecule has 1 heterocycles. The lowest BCUT2D eigenvalue weighted by molar-refractivity contribution is 0.0605. The number of carbonyl (C=O) groups excluding carboxylic acids is 1. The molecule has 1 saturated heterocycles. The van der Waals surface area contributed by atoms with Gasteiger partial charge in [-0.2, -0.15) is 0 Å². The molecule has 2 N–H and O–H groups in total. The maximum absolute atomic E-state index is 12.7. The highest BCUT2D eigenvalue weighted by molar-refractivity contribution is 5.94. The van der Waals surface area contributed by atoms with E-state index in [9.17, 15) is 4.79 Å². The van der Waals surface area contributed by atoms with Crippen LogP contribution in [0.4, 0.5) is 0 Å². The van der Waals surface area contributed by atoms with E-state index >= 15 is 0 Å². The maximum atomic E-state index is 12.7. The number of nitrogens with two attached hydrogens (primary N) is 1. The monoisotopic (exact) mass is 274 g/mol. The van der Waals surface area contributed by atoms with Crippen LogP contribution in [0.3, 0.4) is 0 Å². The smallest absolute Gasteiger partial charge is 0.254 e. The molecule has 1 aromatic carbocycles. The highest BCUT2D eigenvalue weighted by atomic mass is 16.2. The molecule has 0 radical (unpaired) electrons. The molecular formula is C17H26N2O. The lowest BCUT2D eigenvalue weighted by atomic mass is 9.97. The van der Waals surface area contributed by atoms with Gasteiger partial charge in [0.1, 0.15) is 0 Å². The van der Waals surface area contributed by atoms with E-state index in [1.807, 2.05) is 17.0 Å². The Bertz CT molecular complexity index is 437. The highest BCUT2D eigenvalue weighted by Gasteiger charge is 2.26. The van der Waals surface area contributed by atoms with E-state index in [2.05, 4.69) is 26.0 Å². The molecule has 0 bridgehead atoms. The van der Waals surface area contributed by atoms with Crippen molar-refractivity contribution in [1.82, 2.24) is 4.90 Å². The Hall–Kier alpha value is -1.35. The van der Waals surface area contributed by atoms with E-state index in [4.69, 9.17) is 5.73 Å². The molecule has 1 amide bonds. The second kappa shape index (κ2) is 6.89. The number of benzene rings is 1. The van der Waals surface area contributed by atoms with E-state index in [1.54, 1.807) is 0 Å². The van der Waals surface area contributed by atoms with Crippen LogP contribution >= 0.6 is 0 Å². The molecule has 1 aliphatic heterocycles. The Morgan fingerprint density at radius 3 is 2.60 bits per heavy atom. The van der Waals surface area contributed by atoms with Crippen molar-refractivity contribution in [2.75, 3.05) is 13.1 Å². The first-order valence-corrected chi connectivity index (χ1v) is 7.74. The number of piperidine rings is 1. The molecule has 1 aromatic rings. The Morgan fingerprint density at radius 2 is 2.00 bits per heavy atom. The number of carbonyl (C=O) groups is 1. The van der Waals surface area contributed by atoms with Gasteiger partial charge < -0.3 is 10.6 Å². The van der Waals surface area contributed by atoms with Gasteiger partial charge in [0.05, 0.1) is 0 Å². The van der Waals surface area contributed by atoms with Gasteiger partial charge in [-0.3, -0.25) is 4.79 Å². The average molecular weight is 274 g/mol. The minimum absolute atomic E-state index is 0.165. The van der Waals surface area contributed by atoms with E-state index in [0.29, 0.717) is 18.5 Å². The summed E-state index contributed by atoms with van der Waals surface area (Å²) in [4.78, 5) is 14.7. The Kier molecular flexibility index (Phi) is 5.18. The molecule has 2 rings (SSSR count). The molecular weight excluding hydrogens is 248 g/mol. The SMILES string of the molecule is CC(C)c1ccc(C(=O)N2CCCCC2CCN)cc1. The minimum atomic E-state index is 0.165. The van der Waals surface area contributed by atoms with Crippen LogP contribution in [0.25, 0.3) is 0 Å². The van der Waals surface area contributed by atoms with Crippen molar-refractivity contribution < 1.29 is 4.79 Å². The first-order chi connectivity index (χ1) is 9.63. The number of rotatable bonds is 4. The summed E-state index contributed by atoms with van der Waals surface area (Å²) in [7, 11) is 0. The number of hydrogen-bond acceptors (Lipinski definition) is 2. The standard InChI is InChI=1S/C17H26N2O/c1-13(2)14-6-8-15(9-7-14)17(20)19-12-4-3-5-16(19)10-11-18/h6-9,13,16H,3-5,10-12,18H2,1-2H3. The fraction of sp³-hybridized carbons (Fsp3) is 0.588. The zero-order valence-corrected chi connectivity index (χ0v) is 12.6. The summed E-state index contributed by atoms with van der Waals surface area (Å²) < 4.78 is 0. The zero-order valence-electron chi connectivity index (χ0n) is 12.6. The van der Waals surface area contributed by atoms with Gasteiger partial charge >= 0.3 is 0 Å². The van der Waals surface area contributed by atoms with E-state index in [1.165, 1.54) is 12.0 Å². The zero-order chi connectivity index (χ0) is 14.5. The molecule has 1 fully saturated rings. The van der Waals surface area contributed by atoms with Crippen LogP contribution < -0.4 is 5.73 Å². The fourth-order valence-electron chi connectivity index (χ4n) is 2.94. The largest absolute Gasteiger partial charge is 0.336 e. The van der Waals surface area contributed by atoms with Crippen molar-refractivity contribution in [1.29, 1.82) is 0 Å². The summed E-state index contributed by atoms with van der Waals surface area (Å²) in [6.45, 7) is 5.85. The average Bonchev–Trinajstić information content (AvgIpc) is 2.47. The fourth-order valence-corrected chi connectivity index (χ4v) is 2.94. The van der Waals surface area contributed by atoms with Crippen LogP contribution in [0.1, 0.15) is 61.4 Å². The summed E-state index contributed by atoms with van der Waals surface area (Å²) in [5.41, 5.74) is 7.76. The molecule has 1 unspecified atom stereocenters.